The highest BCUT2D eigenvalue weighted by atomic mass is 79.9. The van der Waals surface area contributed by atoms with Crippen molar-refractivity contribution in [3.8, 4) is 0 Å². The third-order valence-corrected chi connectivity index (χ3v) is 4.62. The number of hydrogen-bond donors (Lipinski definition) is 1. The molecule has 0 radical (unpaired) electrons. The summed E-state index contributed by atoms with van der Waals surface area (Å²) in [7, 11) is 0. The van der Waals surface area contributed by atoms with Crippen LogP contribution in [0.3, 0.4) is 0 Å². The minimum atomic E-state index is -0.307. The number of aryl methyl sites for hydroxylation is 1. The number of unbranched alkanes of at least 4 members (excludes halogenated alkanes) is 1. The SMILES string of the molecule is CCCCc1nn2c(c1Br)NCCC2c1ccc(F)cn1. The summed E-state index contributed by atoms with van der Waals surface area (Å²) in [5, 5.41) is 8.13. The quantitative estimate of drug-likeness (QED) is 0.906. The van der Waals surface area contributed by atoms with Crippen LogP contribution >= 0.6 is 15.9 Å². The van der Waals surface area contributed by atoms with Gasteiger partial charge in [-0.2, -0.15) is 5.10 Å². The molecule has 4 nitrogen and oxygen atoms in total. The Balaban J connectivity index is 1.95. The average Bonchev–Trinajstić information content (AvgIpc) is 2.83. The van der Waals surface area contributed by atoms with Crippen LogP contribution in [0.2, 0.25) is 0 Å². The van der Waals surface area contributed by atoms with Crippen LogP contribution < -0.4 is 5.32 Å². The monoisotopic (exact) mass is 352 g/mol. The predicted octanol–water partition coefficient (Wildman–Crippen LogP) is 3.93. The fraction of sp³-hybridized carbons (Fsp3) is 0.467. The molecule has 3 rings (SSSR count). The molecule has 0 amide bonds. The normalized spacial score (nSPS) is 17.4. The minimum absolute atomic E-state index is 0.0635. The van der Waals surface area contributed by atoms with E-state index in [2.05, 4.69) is 33.2 Å². The number of rotatable bonds is 4. The summed E-state index contributed by atoms with van der Waals surface area (Å²) in [6, 6.07) is 3.27. The van der Waals surface area contributed by atoms with Crippen molar-refractivity contribution >= 4 is 21.7 Å². The van der Waals surface area contributed by atoms with Crippen molar-refractivity contribution in [2.45, 2.75) is 38.6 Å². The van der Waals surface area contributed by atoms with Gasteiger partial charge < -0.3 is 5.32 Å². The van der Waals surface area contributed by atoms with Gasteiger partial charge in [0.15, 0.2) is 0 Å². The Morgan fingerprint density at radius 2 is 2.33 bits per heavy atom. The zero-order chi connectivity index (χ0) is 14.8. The first-order valence-electron chi connectivity index (χ1n) is 7.33. The van der Waals surface area contributed by atoms with Gasteiger partial charge in [0, 0.05) is 6.54 Å². The van der Waals surface area contributed by atoms with Gasteiger partial charge in [-0.05, 0) is 47.3 Å². The summed E-state index contributed by atoms with van der Waals surface area (Å²) in [5.74, 6) is 0.696. The maximum absolute atomic E-state index is 13.1. The highest BCUT2D eigenvalue weighted by Gasteiger charge is 2.27. The van der Waals surface area contributed by atoms with Crippen LogP contribution in [0.5, 0.6) is 0 Å². The van der Waals surface area contributed by atoms with Crippen molar-refractivity contribution < 1.29 is 4.39 Å². The van der Waals surface area contributed by atoms with Crippen LogP contribution in [0.1, 0.15) is 43.6 Å². The lowest BCUT2D eigenvalue weighted by molar-refractivity contribution is 0.465. The number of hydrogen-bond acceptors (Lipinski definition) is 3. The van der Waals surface area contributed by atoms with Gasteiger partial charge in [0.25, 0.3) is 0 Å². The molecule has 0 aromatic carbocycles. The highest BCUT2D eigenvalue weighted by Crippen LogP contribution is 2.35. The molecule has 112 valence electrons. The van der Waals surface area contributed by atoms with E-state index in [-0.39, 0.29) is 11.9 Å². The molecule has 2 aromatic rings. The van der Waals surface area contributed by atoms with E-state index < -0.39 is 0 Å². The molecule has 0 fully saturated rings. The molecule has 21 heavy (non-hydrogen) atoms. The fourth-order valence-corrected chi connectivity index (χ4v) is 3.26. The maximum atomic E-state index is 13.1. The van der Waals surface area contributed by atoms with Crippen LogP contribution in [0, 0.1) is 5.82 Å². The maximum Gasteiger partial charge on any atom is 0.141 e. The molecule has 0 bridgehead atoms. The number of pyridine rings is 1. The van der Waals surface area contributed by atoms with E-state index in [1.54, 1.807) is 6.07 Å². The Hall–Kier alpha value is -1.43. The number of aromatic nitrogens is 3. The van der Waals surface area contributed by atoms with Gasteiger partial charge in [0.05, 0.1) is 28.1 Å². The summed E-state index contributed by atoms with van der Waals surface area (Å²) < 4.78 is 16.1. The van der Waals surface area contributed by atoms with Crippen molar-refractivity contribution in [3.05, 3.63) is 40.0 Å². The molecule has 0 saturated carbocycles. The molecule has 1 atom stereocenters. The van der Waals surface area contributed by atoms with Gasteiger partial charge >= 0.3 is 0 Å². The summed E-state index contributed by atoms with van der Waals surface area (Å²) in [6.45, 7) is 3.04. The Morgan fingerprint density at radius 1 is 1.48 bits per heavy atom. The highest BCUT2D eigenvalue weighted by molar-refractivity contribution is 9.10. The lowest BCUT2D eigenvalue weighted by Crippen LogP contribution is -2.25. The zero-order valence-corrected chi connectivity index (χ0v) is 13.5. The van der Waals surface area contributed by atoms with Crippen molar-refractivity contribution in [2.75, 3.05) is 11.9 Å². The van der Waals surface area contributed by atoms with Crippen molar-refractivity contribution in [3.63, 3.8) is 0 Å². The van der Waals surface area contributed by atoms with E-state index in [1.807, 2.05) is 4.68 Å². The second-order valence-electron chi connectivity index (χ2n) is 5.29. The number of halogens is 2. The molecule has 1 aliphatic heterocycles. The van der Waals surface area contributed by atoms with E-state index in [1.165, 1.54) is 12.3 Å². The molecule has 1 aliphatic rings. The van der Waals surface area contributed by atoms with Crippen LogP contribution in [-0.2, 0) is 6.42 Å². The summed E-state index contributed by atoms with van der Waals surface area (Å²) >= 11 is 3.65. The van der Waals surface area contributed by atoms with E-state index in [0.717, 1.165) is 53.9 Å². The molecule has 0 saturated heterocycles. The third-order valence-electron chi connectivity index (χ3n) is 3.78. The standard InChI is InChI=1S/C15H18BrFN4/c1-2-3-4-12-14(16)15-18-8-7-13(21(15)20-12)11-6-5-10(17)9-19-11/h5-6,9,13,18H,2-4,7-8H2,1H3. The average molecular weight is 353 g/mol. The van der Waals surface area contributed by atoms with E-state index in [9.17, 15) is 4.39 Å². The van der Waals surface area contributed by atoms with Gasteiger partial charge in [-0.15, -0.1) is 0 Å². The molecule has 1 unspecified atom stereocenters. The van der Waals surface area contributed by atoms with Crippen LogP contribution in [0.25, 0.3) is 0 Å². The predicted molar refractivity (Wildman–Crippen MR) is 84.0 cm³/mol. The third kappa shape index (κ3) is 2.81. The first-order chi connectivity index (χ1) is 10.2. The van der Waals surface area contributed by atoms with Crippen molar-refractivity contribution in [2.24, 2.45) is 0 Å². The zero-order valence-electron chi connectivity index (χ0n) is 11.9. The first-order valence-corrected chi connectivity index (χ1v) is 8.12. The smallest absolute Gasteiger partial charge is 0.141 e. The van der Waals surface area contributed by atoms with Gasteiger partial charge in [-0.3, -0.25) is 4.98 Å². The lowest BCUT2D eigenvalue weighted by atomic mass is 10.1. The molecular weight excluding hydrogens is 335 g/mol. The van der Waals surface area contributed by atoms with E-state index >= 15 is 0 Å². The molecular formula is C15H18BrFN4. The number of fused-ring (bicyclic) bond motifs is 1. The summed E-state index contributed by atoms with van der Waals surface area (Å²) in [4.78, 5) is 4.22. The fourth-order valence-electron chi connectivity index (χ4n) is 2.66. The second kappa shape index (κ2) is 6.13. The van der Waals surface area contributed by atoms with Gasteiger partial charge in [0.2, 0.25) is 0 Å². The molecule has 6 heteroatoms. The Bertz CT molecular complexity index is 623. The van der Waals surface area contributed by atoms with Gasteiger partial charge in [-0.1, -0.05) is 13.3 Å². The largest absolute Gasteiger partial charge is 0.369 e. The minimum Gasteiger partial charge on any atom is -0.369 e. The molecule has 2 aromatic heterocycles. The first kappa shape index (κ1) is 14.5. The van der Waals surface area contributed by atoms with Crippen LogP contribution in [0.15, 0.2) is 22.8 Å². The van der Waals surface area contributed by atoms with E-state index in [0.29, 0.717) is 0 Å². The summed E-state index contributed by atoms with van der Waals surface area (Å²) in [6.07, 6.45) is 5.39. The molecule has 0 aliphatic carbocycles. The lowest BCUT2D eigenvalue weighted by Gasteiger charge is -2.25. The van der Waals surface area contributed by atoms with E-state index in [4.69, 9.17) is 5.10 Å². The van der Waals surface area contributed by atoms with Crippen molar-refractivity contribution in [1.29, 1.82) is 0 Å². The van der Waals surface area contributed by atoms with Gasteiger partial charge in [0.1, 0.15) is 11.6 Å². The molecule has 0 spiro atoms. The number of anilines is 1. The molecule has 1 N–H and O–H groups in total. The van der Waals surface area contributed by atoms with Crippen LogP contribution in [0.4, 0.5) is 10.2 Å². The Kier molecular flexibility index (Phi) is 4.24. The topological polar surface area (TPSA) is 42.7 Å². The van der Waals surface area contributed by atoms with Crippen LogP contribution in [-0.4, -0.2) is 21.3 Å². The number of nitrogens with one attached hydrogen (secondary N) is 1. The Labute approximate surface area is 131 Å². The van der Waals surface area contributed by atoms with Crippen molar-refractivity contribution in [1.82, 2.24) is 14.8 Å². The molecule has 3 heterocycles. The Morgan fingerprint density at radius 3 is 3.05 bits per heavy atom. The second-order valence-corrected chi connectivity index (χ2v) is 6.08. The van der Waals surface area contributed by atoms with Gasteiger partial charge in [-0.25, -0.2) is 9.07 Å². The summed E-state index contributed by atoms with van der Waals surface area (Å²) in [5.41, 5.74) is 1.93. The number of nitrogens with zero attached hydrogens (tertiary/aromatic N) is 3.